The summed E-state index contributed by atoms with van der Waals surface area (Å²) in [6.45, 7) is 3.39. The molecule has 2 N–H and O–H groups in total. The van der Waals surface area contributed by atoms with Crippen molar-refractivity contribution in [3.8, 4) is 11.5 Å². The van der Waals surface area contributed by atoms with Crippen molar-refractivity contribution in [1.29, 1.82) is 0 Å². The van der Waals surface area contributed by atoms with Gasteiger partial charge in [0.05, 0.1) is 31.2 Å². The summed E-state index contributed by atoms with van der Waals surface area (Å²) in [6.07, 6.45) is 12.2. The Bertz CT molecular complexity index is 1140. The van der Waals surface area contributed by atoms with E-state index in [0.29, 0.717) is 36.5 Å². The number of piperidine rings is 1. The number of para-hydroxylation sites is 1. The molecular formula is C33H43N2O3+. The van der Waals surface area contributed by atoms with E-state index in [1.807, 2.05) is 0 Å². The normalized spacial score (nSPS) is 31.6. The van der Waals surface area contributed by atoms with Crippen LogP contribution in [0.25, 0.3) is 0 Å². The van der Waals surface area contributed by atoms with Crippen molar-refractivity contribution in [3.63, 3.8) is 0 Å². The van der Waals surface area contributed by atoms with Crippen LogP contribution in [0.3, 0.4) is 0 Å². The summed E-state index contributed by atoms with van der Waals surface area (Å²) in [5.74, 6) is 3.39. The first-order valence-corrected chi connectivity index (χ1v) is 15.3. The van der Waals surface area contributed by atoms with Crippen LogP contribution in [0.2, 0.25) is 0 Å². The van der Waals surface area contributed by atoms with Gasteiger partial charge in [-0.15, -0.1) is 0 Å². The Hall–Kier alpha value is -2.53. The minimum absolute atomic E-state index is 0.000640. The molecule has 0 bridgehead atoms. The number of benzene rings is 2. The topological polar surface area (TPSA) is 55.4 Å². The third kappa shape index (κ3) is 4.41. The van der Waals surface area contributed by atoms with Gasteiger partial charge in [-0.1, -0.05) is 61.7 Å². The predicted molar refractivity (Wildman–Crippen MR) is 148 cm³/mol. The predicted octanol–water partition coefficient (Wildman–Crippen LogP) is 4.80. The van der Waals surface area contributed by atoms with Gasteiger partial charge in [0.1, 0.15) is 5.92 Å². The van der Waals surface area contributed by atoms with Crippen molar-refractivity contribution in [2.45, 2.75) is 87.7 Å². The highest BCUT2D eigenvalue weighted by atomic mass is 16.5. The monoisotopic (exact) mass is 515 g/mol. The molecule has 202 valence electrons. The maximum absolute atomic E-state index is 14.7. The molecule has 2 aliphatic carbocycles. The van der Waals surface area contributed by atoms with E-state index < -0.39 is 0 Å². The molecule has 4 fully saturated rings. The summed E-state index contributed by atoms with van der Waals surface area (Å²) in [7, 11) is 0. The zero-order chi connectivity index (χ0) is 25.5. The highest BCUT2D eigenvalue weighted by Crippen LogP contribution is 2.50. The molecule has 0 unspecified atom stereocenters. The number of hydrogen-bond acceptors (Lipinski definition) is 3. The summed E-state index contributed by atoms with van der Waals surface area (Å²) < 4.78 is 12.5. The van der Waals surface area contributed by atoms with Gasteiger partial charge in [-0.2, -0.15) is 0 Å². The van der Waals surface area contributed by atoms with Gasteiger partial charge in [-0.05, 0) is 68.4 Å². The molecule has 38 heavy (non-hydrogen) atoms. The van der Waals surface area contributed by atoms with E-state index in [4.69, 9.17) is 9.47 Å². The van der Waals surface area contributed by atoms with Crippen LogP contribution in [0.1, 0.15) is 81.3 Å². The van der Waals surface area contributed by atoms with E-state index in [0.717, 1.165) is 63.2 Å². The fraction of sp³-hybridized carbons (Fsp3) is 0.606. The van der Waals surface area contributed by atoms with Crippen molar-refractivity contribution in [1.82, 2.24) is 4.90 Å². The number of carbonyl (C=O) groups excluding carboxylic acids is 1. The van der Waals surface area contributed by atoms with Crippen LogP contribution in [0.15, 0.2) is 48.5 Å². The van der Waals surface area contributed by atoms with Crippen LogP contribution >= 0.6 is 0 Å². The number of quaternary nitrogens is 1. The summed E-state index contributed by atoms with van der Waals surface area (Å²) in [5.41, 5.74) is 2.50. The lowest BCUT2D eigenvalue weighted by molar-refractivity contribution is -0.640. The standard InChI is InChI=1S/C33H42N2O3/c36-32(35-18-16-25(23-8-3-1-4-9-23)20-29(35)24-10-5-2-6-11-24)28-21-34-22-33(28)17-19-37-31-27(33)12-7-13-30(31)38-26-14-15-26/h1,3-4,7-9,12-13,24-26,28-29,34H,2,5-6,10-11,14-22H2/p+1/t25-,28+,29+,33+/m1/s1. The largest absolute Gasteiger partial charge is 0.489 e. The van der Waals surface area contributed by atoms with E-state index in [1.54, 1.807) is 0 Å². The minimum atomic E-state index is -0.166. The van der Waals surface area contributed by atoms with Crippen molar-refractivity contribution in [2.24, 2.45) is 11.8 Å². The second-order valence-corrected chi connectivity index (χ2v) is 12.6. The Labute approximate surface area is 227 Å². The van der Waals surface area contributed by atoms with Gasteiger partial charge in [0.2, 0.25) is 5.91 Å². The molecule has 7 rings (SSSR count). The number of nitrogens with zero attached hydrogens (tertiary/aromatic N) is 1. The molecular weight excluding hydrogens is 472 g/mol. The van der Waals surface area contributed by atoms with E-state index in [1.165, 1.54) is 43.2 Å². The third-order valence-corrected chi connectivity index (χ3v) is 10.4. The van der Waals surface area contributed by atoms with Crippen molar-refractivity contribution >= 4 is 5.91 Å². The number of nitrogens with two attached hydrogens (primary N) is 1. The molecule has 5 heteroatoms. The molecule has 3 heterocycles. The van der Waals surface area contributed by atoms with Crippen molar-refractivity contribution < 1.29 is 19.6 Å². The number of carbonyl (C=O) groups is 1. The molecule has 2 aromatic carbocycles. The van der Waals surface area contributed by atoms with Crippen molar-refractivity contribution in [2.75, 3.05) is 26.2 Å². The van der Waals surface area contributed by atoms with Crippen LogP contribution in [0.4, 0.5) is 0 Å². The fourth-order valence-corrected chi connectivity index (χ4v) is 8.24. The highest BCUT2D eigenvalue weighted by molar-refractivity contribution is 5.82. The molecule has 1 spiro atoms. The molecule has 2 saturated heterocycles. The van der Waals surface area contributed by atoms with E-state index in [9.17, 15) is 4.79 Å². The fourth-order valence-electron chi connectivity index (χ4n) is 8.24. The SMILES string of the molecule is O=C([C@@H]1C[NH2+]C[C@]12CCOc1c(OC3CC3)cccc12)N1CC[C@@H](c2ccccc2)C[C@H]1C1CCCCC1. The van der Waals surface area contributed by atoms with Crippen LogP contribution in [-0.2, 0) is 10.2 Å². The molecule has 0 radical (unpaired) electrons. The van der Waals surface area contributed by atoms with E-state index in [-0.39, 0.29) is 11.3 Å². The molecule has 5 nitrogen and oxygen atoms in total. The van der Waals surface area contributed by atoms with Crippen LogP contribution in [0, 0.1) is 11.8 Å². The zero-order valence-corrected chi connectivity index (χ0v) is 22.7. The Morgan fingerprint density at radius 3 is 2.63 bits per heavy atom. The van der Waals surface area contributed by atoms with Crippen LogP contribution < -0.4 is 14.8 Å². The summed E-state index contributed by atoms with van der Waals surface area (Å²) >= 11 is 0. The molecule has 1 amide bonds. The average Bonchev–Trinajstić information content (AvgIpc) is 3.71. The molecule has 2 aromatic rings. The number of likely N-dealkylation sites (tertiary alicyclic amines) is 1. The second-order valence-electron chi connectivity index (χ2n) is 12.6. The first-order chi connectivity index (χ1) is 18.7. The molecule has 0 aromatic heterocycles. The summed E-state index contributed by atoms with van der Waals surface area (Å²) in [6, 6.07) is 17.8. The molecule has 3 aliphatic heterocycles. The van der Waals surface area contributed by atoms with Gasteiger partial charge < -0.3 is 19.7 Å². The van der Waals surface area contributed by atoms with Gasteiger partial charge in [0.15, 0.2) is 11.5 Å². The van der Waals surface area contributed by atoms with Gasteiger partial charge in [0, 0.05) is 18.2 Å². The first-order valence-electron chi connectivity index (χ1n) is 15.3. The highest BCUT2D eigenvalue weighted by Gasteiger charge is 2.56. The third-order valence-electron chi connectivity index (χ3n) is 10.4. The average molecular weight is 516 g/mol. The quantitative estimate of drug-likeness (QED) is 0.623. The Kier molecular flexibility index (Phi) is 6.59. The van der Waals surface area contributed by atoms with E-state index >= 15 is 0 Å². The number of ether oxygens (including phenoxy) is 2. The maximum atomic E-state index is 14.7. The Balaban J connectivity index is 1.19. The lowest BCUT2D eigenvalue weighted by Gasteiger charge is -2.47. The zero-order valence-electron chi connectivity index (χ0n) is 22.7. The minimum Gasteiger partial charge on any atom is -0.489 e. The maximum Gasteiger partial charge on any atom is 0.232 e. The number of rotatable bonds is 5. The molecule has 4 atom stereocenters. The Morgan fingerprint density at radius 1 is 0.974 bits per heavy atom. The lowest BCUT2D eigenvalue weighted by atomic mass is 9.67. The summed E-state index contributed by atoms with van der Waals surface area (Å²) in [5, 5.41) is 2.39. The lowest BCUT2D eigenvalue weighted by Crippen LogP contribution is -2.82. The number of fused-ring (bicyclic) bond motifs is 2. The van der Waals surface area contributed by atoms with E-state index in [2.05, 4.69) is 58.7 Å². The van der Waals surface area contributed by atoms with Crippen LogP contribution in [-0.4, -0.2) is 49.2 Å². The van der Waals surface area contributed by atoms with Gasteiger partial charge in [-0.3, -0.25) is 4.79 Å². The van der Waals surface area contributed by atoms with Crippen LogP contribution in [0.5, 0.6) is 11.5 Å². The number of amides is 1. The summed E-state index contributed by atoms with van der Waals surface area (Å²) in [4.78, 5) is 17.1. The van der Waals surface area contributed by atoms with Gasteiger partial charge in [-0.25, -0.2) is 0 Å². The molecule has 2 saturated carbocycles. The first kappa shape index (κ1) is 24.5. The number of hydrogen-bond donors (Lipinski definition) is 1. The smallest absolute Gasteiger partial charge is 0.232 e. The molecule has 5 aliphatic rings. The van der Waals surface area contributed by atoms with Gasteiger partial charge >= 0.3 is 0 Å². The second kappa shape index (κ2) is 10.2. The Morgan fingerprint density at radius 2 is 1.82 bits per heavy atom. The van der Waals surface area contributed by atoms with Gasteiger partial charge in [0.25, 0.3) is 0 Å². The van der Waals surface area contributed by atoms with Crippen molar-refractivity contribution in [3.05, 3.63) is 59.7 Å².